The number of unbranched alkanes of at least 4 members (excludes halogenated alkanes) is 4. The summed E-state index contributed by atoms with van der Waals surface area (Å²) in [6, 6.07) is 4.22. The number of carbonyl (C=O) groups is 2. The molecule has 0 aromatic heterocycles. The Morgan fingerprint density at radius 3 is 1.38 bits per heavy atom. The van der Waals surface area contributed by atoms with Crippen LogP contribution in [-0.4, -0.2) is 33.2 Å². The highest BCUT2D eigenvalue weighted by molar-refractivity contribution is 5.66. The van der Waals surface area contributed by atoms with Gasteiger partial charge in [0.2, 0.25) is 0 Å². The lowest BCUT2D eigenvalue weighted by molar-refractivity contribution is -0.138. The fraction of sp³-hybridized carbons (Fsp3) is 0.778. The number of carboxylic acids is 2. The van der Waals surface area contributed by atoms with Crippen LogP contribution in [0.1, 0.15) is 78.1 Å². The molecule has 0 saturated carbocycles. The quantitative estimate of drug-likeness (QED) is 0.350. The molecule has 0 aliphatic carbocycles. The standard InChI is InChI=1S/C18H28N4O4/c1-17(13-19,11-7-3-5-9-15(23)24)21-22-18(2,14-20)12-8-4-6-10-16(25)26/h3-12H2,1-2H3,(H,23,24)(H,25,26). The average molecular weight is 364 g/mol. The summed E-state index contributed by atoms with van der Waals surface area (Å²) in [5, 5.41) is 44.1. The van der Waals surface area contributed by atoms with Gasteiger partial charge < -0.3 is 10.2 Å². The molecule has 2 atom stereocenters. The first-order valence-electron chi connectivity index (χ1n) is 8.86. The van der Waals surface area contributed by atoms with Crippen molar-refractivity contribution in [1.82, 2.24) is 0 Å². The topological polar surface area (TPSA) is 147 Å². The first-order valence-corrected chi connectivity index (χ1v) is 8.86. The zero-order valence-electron chi connectivity index (χ0n) is 15.6. The number of aliphatic carboxylic acids is 2. The van der Waals surface area contributed by atoms with Gasteiger partial charge in [-0.1, -0.05) is 12.8 Å². The van der Waals surface area contributed by atoms with Gasteiger partial charge in [0.1, 0.15) is 0 Å². The molecular weight excluding hydrogens is 336 g/mol. The van der Waals surface area contributed by atoms with E-state index in [2.05, 4.69) is 22.4 Å². The first kappa shape index (κ1) is 23.5. The van der Waals surface area contributed by atoms with Crippen molar-refractivity contribution in [2.24, 2.45) is 10.2 Å². The summed E-state index contributed by atoms with van der Waals surface area (Å²) < 4.78 is 0. The maximum absolute atomic E-state index is 10.5. The van der Waals surface area contributed by atoms with E-state index in [4.69, 9.17) is 10.2 Å². The van der Waals surface area contributed by atoms with Gasteiger partial charge in [-0.05, 0) is 52.4 Å². The van der Waals surface area contributed by atoms with Gasteiger partial charge in [-0.15, -0.1) is 0 Å². The Kier molecular flexibility index (Phi) is 10.8. The summed E-state index contributed by atoms with van der Waals surface area (Å²) in [4.78, 5) is 21.0. The first-order chi connectivity index (χ1) is 12.2. The van der Waals surface area contributed by atoms with Gasteiger partial charge in [0.15, 0.2) is 11.1 Å². The summed E-state index contributed by atoms with van der Waals surface area (Å²) in [5.74, 6) is -1.67. The van der Waals surface area contributed by atoms with Gasteiger partial charge in [0, 0.05) is 12.8 Å². The smallest absolute Gasteiger partial charge is 0.303 e. The lowest BCUT2D eigenvalue weighted by Gasteiger charge is -2.19. The predicted octanol–water partition coefficient (Wildman–Crippen LogP) is 4.07. The fourth-order valence-corrected chi connectivity index (χ4v) is 2.32. The summed E-state index contributed by atoms with van der Waals surface area (Å²) in [6.07, 6.45) is 4.94. The third-order valence-electron chi connectivity index (χ3n) is 4.08. The molecule has 0 heterocycles. The van der Waals surface area contributed by atoms with Crippen molar-refractivity contribution in [3.05, 3.63) is 0 Å². The maximum atomic E-state index is 10.5. The molecule has 0 saturated heterocycles. The van der Waals surface area contributed by atoms with E-state index in [1.54, 1.807) is 13.8 Å². The van der Waals surface area contributed by atoms with Crippen LogP contribution in [0.3, 0.4) is 0 Å². The second kappa shape index (κ2) is 12.0. The van der Waals surface area contributed by atoms with Crippen molar-refractivity contribution in [1.29, 1.82) is 10.5 Å². The van der Waals surface area contributed by atoms with E-state index in [-0.39, 0.29) is 12.8 Å². The van der Waals surface area contributed by atoms with E-state index in [0.717, 1.165) is 0 Å². The summed E-state index contributed by atoms with van der Waals surface area (Å²) in [6.45, 7) is 3.30. The molecule has 8 nitrogen and oxygen atoms in total. The van der Waals surface area contributed by atoms with Gasteiger partial charge in [-0.25, -0.2) is 0 Å². The molecule has 0 aromatic rings. The van der Waals surface area contributed by atoms with Crippen LogP contribution in [0, 0.1) is 22.7 Å². The molecule has 2 N–H and O–H groups in total. The van der Waals surface area contributed by atoms with Gasteiger partial charge in [0.25, 0.3) is 0 Å². The van der Waals surface area contributed by atoms with Crippen LogP contribution in [0.4, 0.5) is 0 Å². The second-order valence-electron chi connectivity index (χ2n) is 6.88. The molecule has 0 aliphatic heterocycles. The van der Waals surface area contributed by atoms with Crippen molar-refractivity contribution in [3.63, 3.8) is 0 Å². The van der Waals surface area contributed by atoms with Crippen molar-refractivity contribution in [3.8, 4) is 12.1 Å². The molecule has 8 heteroatoms. The zero-order chi connectivity index (χ0) is 20.1. The molecule has 0 aromatic carbocycles. The van der Waals surface area contributed by atoms with E-state index in [9.17, 15) is 20.1 Å². The largest absolute Gasteiger partial charge is 0.481 e. The summed E-state index contributed by atoms with van der Waals surface area (Å²) >= 11 is 0. The zero-order valence-corrected chi connectivity index (χ0v) is 15.6. The molecule has 0 amide bonds. The molecule has 26 heavy (non-hydrogen) atoms. The van der Waals surface area contributed by atoms with Crippen LogP contribution < -0.4 is 0 Å². The van der Waals surface area contributed by atoms with Crippen LogP contribution >= 0.6 is 0 Å². The summed E-state index contributed by atoms with van der Waals surface area (Å²) in [7, 11) is 0. The minimum absolute atomic E-state index is 0.110. The van der Waals surface area contributed by atoms with Gasteiger partial charge in [-0.3, -0.25) is 9.59 Å². The predicted molar refractivity (Wildman–Crippen MR) is 94.3 cm³/mol. The Balaban J connectivity index is 4.50. The number of nitrogens with zero attached hydrogens (tertiary/aromatic N) is 4. The minimum atomic E-state index is -1.04. The van der Waals surface area contributed by atoms with E-state index in [1.165, 1.54) is 0 Å². The number of hydrogen-bond acceptors (Lipinski definition) is 6. The van der Waals surface area contributed by atoms with Gasteiger partial charge in [-0.2, -0.15) is 20.8 Å². The highest BCUT2D eigenvalue weighted by Gasteiger charge is 2.27. The van der Waals surface area contributed by atoms with Crippen molar-refractivity contribution >= 4 is 11.9 Å². The maximum Gasteiger partial charge on any atom is 0.303 e. The summed E-state index contributed by atoms with van der Waals surface area (Å²) in [5.41, 5.74) is -2.07. The van der Waals surface area contributed by atoms with Crippen molar-refractivity contribution in [2.75, 3.05) is 0 Å². The number of azo groups is 1. The van der Waals surface area contributed by atoms with Crippen molar-refractivity contribution in [2.45, 2.75) is 89.1 Å². The SMILES string of the molecule is CC(C#N)(CCCCCC(=O)O)N=NC(C)(C#N)CCCCCC(=O)O. The Hall–Kier alpha value is -2.48. The Morgan fingerprint density at radius 1 is 0.769 bits per heavy atom. The number of rotatable bonds is 14. The monoisotopic (exact) mass is 364 g/mol. The Bertz CT molecular complexity index is 529. The molecule has 0 radical (unpaired) electrons. The molecule has 0 fully saturated rings. The molecule has 144 valence electrons. The third-order valence-corrected chi connectivity index (χ3v) is 4.08. The van der Waals surface area contributed by atoms with Gasteiger partial charge >= 0.3 is 11.9 Å². The van der Waals surface area contributed by atoms with E-state index < -0.39 is 23.0 Å². The Labute approximate surface area is 154 Å². The number of carboxylic acid groups (broad SMARTS) is 2. The van der Waals surface area contributed by atoms with Crippen LogP contribution in [0.15, 0.2) is 10.2 Å². The Morgan fingerprint density at radius 2 is 1.12 bits per heavy atom. The highest BCUT2D eigenvalue weighted by Crippen LogP contribution is 2.25. The second-order valence-corrected chi connectivity index (χ2v) is 6.88. The molecule has 0 rings (SSSR count). The van der Waals surface area contributed by atoms with Crippen LogP contribution in [-0.2, 0) is 9.59 Å². The van der Waals surface area contributed by atoms with E-state index in [1.807, 2.05) is 0 Å². The highest BCUT2D eigenvalue weighted by atomic mass is 16.4. The average Bonchev–Trinajstić information content (AvgIpc) is 2.59. The van der Waals surface area contributed by atoms with Crippen molar-refractivity contribution < 1.29 is 19.8 Å². The number of nitriles is 2. The number of hydrogen-bond donors (Lipinski definition) is 2. The molecule has 0 bridgehead atoms. The lowest BCUT2D eigenvalue weighted by Crippen LogP contribution is -2.23. The van der Waals surface area contributed by atoms with Crippen LogP contribution in [0.5, 0.6) is 0 Å². The fourth-order valence-electron chi connectivity index (χ4n) is 2.32. The molecular formula is C18H28N4O4. The van der Waals surface area contributed by atoms with E-state index in [0.29, 0.717) is 51.4 Å². The molecule has 0 spiro atoms. The third kappa shape index (κ3) is 11.1. The minimum Gasteiger partial charge on any atom is -0.481 e. The van der Waals surface area contributed by atoms with Crippen LogP contribution in [0.2, 0.25) is 0 Å². The van der Waals surface area contributed by atoms with Gasteiger partial charge in [0.05, 0.1) is 12.1 Å². The normalized spacial score (nSPS) is 15.5. The molecule has 2 unspecified atom stereocenters. The van der Waals surface area contributed by atoms with E-state index >= 15 is 0 Å². The lowest BCUT2D eigenvalue weighted by atomic mass is 9.95. The molecule has 0 aliphatic rings. The van der Waals surface area contributed by atoms with Crippen LogP contribution in [0.25, 0.3) is 0 Å².